The summed E-state index contributed by atoms with van der Waals surface area (Å²) in [7, 11) is 0. The Morgan fingerprint density at radius 2 is 2.00 bits per heavy atom. The first-order chi connectivity index (χ1) is 6.95. The Morgan fingerprint density at radius 1 is 1.33 bits per heavy atom. The van der Waals surface area contributed by atoms with Crippen LogP contribution in [-0.2, 0) is 17.5 Å². The van der Waals surface area contributed by atoms with E-state index >= 15 is 0 Å². The highest BCUT2D eigenvalue weighted by atomic mass is 19.4. The van der Waals surface area contributed by atoms with Crippen molar-refractivity contribution in [3.8, 4) is 5.75 Å². The summed E-state index contributed by atoms with van der Waals surface area (Å²) in [5.74, 6) is -0.761. The van der Waals surface area contributed by atoms with E-state index in [2.05, 4.69) is 0 Å². The maximum Gasteiger partial charge on any atom is 0.419 e. The van der Waals surface area contributed by atoms with E-state index in [9.17, 15) is 13.2 Å². The first kappa shape index (κ1) is 11.8. The van der Waals surface area contributed by atoms with Crippen LogP contribution in [0.4, 0.5) is 13.2 Å². The van der Waals surface area contributed by atoms with Gasteiger partial charge in [0.2, 0.25) is 0 Å². The van der Waals surface area contributed by atoms with Crippen LogP contribution in [0.2, 0.25) is 0 Å². The molecule has 2 nitrogen and oxygen atoms in total. The molecule has 0 bridgehead atoms. The Kier molecular flexibility index (Phi) is 3.57. The van der Waals surface area contributed by atoms with Gasteiger partial charge in [0, 0.05) is 6.61 Å². The lowest BCUT2D eigenvalue weighted by atomic mass is 10.1. The van der Waals surface area contributed by atoms with E-state index in [1.807, 2.05) is 0 Å². The van der Waals surface area contributed by atoms with Gasteiger partial charge in [-0.15, -0.1) is 0 Å². The van der Waals surface area contributed by atoms with Crippen LogP contribution in [-0.4, -0.2) is 11.7 Å². The van der Waals surface area contributed by atoms with Crippen molar-refractivity contribution in [3.63, 3.8) is 0 Å². The lowest BCUT2D eigenvalue weighted by molar-refractivity contribution is -0.138. The highest BCUT2D eigenvalue weighted by Crippen LogP contribution is 2.36. The van der Waals surface area contributed by atoms with Gasteiger partial charge in [-0.3, -0.25) is 0 Å². The summed E-state index contributed by atoms with van der Waals surface area (Å²) in [5, 5.41) is 9.04. The van der Waals surface area contributed by atoms with Gasteiger partial charge in [-0.2, -0.15) is 13.2 Å². The van der Waals surface area contributed by atoms with Gasteiger partial charge < -0.3 is 9.84 Å². The summed E-state index contributed by atoms with van der Waals surface area (Å²) in [5.41, 5.74) is -0.637. The first-order valence-corrected chi connectivity index (χ1v) is 4.42. The minimum Gasteiger partial charge on any atom is -0.507 e. The van der Waals surface area contributed by atoms with Gasteiger partial charge >= 0.3 is 6.18 Å². The Morgan fingerprint density at radius 3 is 2.53 bits per heavy atom. The quantitative estimate of drug-likeness (QED) is 0.848. The molecule has 0 spiro atoms. The third kappa shape index (κ3) is 3.13. The zero-order valence-corrected chi connectivity index (χ0v) is 8.14. The maximum atomic E-state index is 12.4. The van der Waals surface area contributed by atoms with Crippen molar-refractivity contribution in [2.45, 2.75) is 19.7 Å². The highest BCUT2D eigenvalue weighted by molar-refractivity contribution is 5.37. The molecule has 0 amide bonds. The van der Waals surface area contributed by atoms with E-state index in [4.69, 9.17) is 9.84 Å². The van der Waals surface area contributed by atoms with Crippen LogP contribution in [0.25, 0.3) is 0 Å². The Labute approximate surface area is 85.3 Å². The number of benzene rings is 1. The smallest absolute Gasteiger partial charge is 0.419 e. The monoisotopic (exact) mass is 220 g/mol. The summed E-state index contributed by atoms with van der Waals surface area (Å²) < 4.78 is 42.0. The molecule has 0 saturated heterocycles. The number of phenols is 1. The molecule has 1 rings (SSSR count). The van der Waals surface area contributed by atoms with Gasteiger partial charge in [0.05, 0.1) is 12.2 Å². The van der Waals surface area contributed by atoms with Crippen LogP contribution in [0.5, 0.6) is 5.75 Å². The molecule has 1 N–H and O–H groups in total. The van der Waals surface area contributed by atoms with Crippen LogP contribution in [0.3, 0.4) is 0 Å². The molecule has 0 fully saturated rings. The van der Waals surface area contributed by atoms with Gasteiger partial charge in [0.15, 0.2) is 0 Å². The van der Waals surface area contributed by atoms with E-state index < -0.39 is 17.5 Å². The molecule has 0 aromatic heterocycles. The van der Waals surface area contributed by atoms with Gasteiger partial charge in [0.25, 0.3) is 0 Å². The summed E-state index contributed by atoms with van der Waals surface area (Å²) in [6, 6.07) is 3.32. The molecule has 0 aliphatic heterocycles. The fourth-order valence-electron chi connectivity index (χ4n) is 1.12. The second-order valence-corrected chi connectivity index (χ2v) is 2.99. The second-order valence-electron chi connectivity index (χ2n) is 2.99. The second kappa shape index (κ2) is 4.53. The van der Waals surface area contributed by atoms with Crippen LogP contribution in [0.1, 0.15) is 18.1 Å². The summed E-state index contributed by atoms with van der Waals surface area (Å²) in [6.45, 7) is 2.30. The van der Waals surface area contributed by atoms with E-state index in [1.165, 1.54) is 6.07 Å². The zero-order chi connectivity index (χ0) is 11.5. The minimum absolute atomic E-state index is 0.111. The Bertz CT molecular complexity index is 334. The van der Waals surface area contributed by atoms with Crippen LogP contribution in [0, 0.1) is 0 Å². The van der Waals surface area contributed by atoms with Crippen molar-refractivity contribution >= 4 is 0 Å². The molecule has 15 heavy (non-hydrogen) atoms. The lowest BCUT2D eigenvalue weighted by Crippen LogP contribution is -2.06. The van der Waals surface area contributed by atoms with Gasteiger partial charge in [-0.1, -0.05) is 6.07 Å². The molecule has 5 heteroatoms. The molecule has 0 saturated carbocycles. The average Bonchev–Trinajstić information content (AvgIpc) is 2.15. The topological polar surface area (TPSA) is 29.5 Å². The predicted molar refractivity (Wildman–Crippen MR) is 48.4 cm³/mol. The lowest BCUT2D eigenvalue weighted by Gasteiger charge is -2.10. The number of aromatic hydroxyl groups is 1. The van der Waals surface area contributed by atoms with Crippen molar-refractivity contribution in [2.24, 2.45) is 0 Å². The fraction of sp³-hybridized carbons (Fsp3) is 0.400. The molecule has 1 aromatic carbocycles. The number of phenolic OH excluding ortho intramolecular Hbond substituents is 1. The van der Waals surface area contributed by atoms with Gasteiger partial charge in [-0.05, 0) is 24.6 Å². The number of halogens is 3. The van der Waals surface area contributed by atoms with Crippen LogP contribution in [0.15, 0.2) is 18.2 Å². The summed E-state index contributed by atoms with van der Waals surface area (Å²) in [6.07, 6.45) is -4.54. The van der Waals surface area contributed by atoms with E-state index in [0.717, 1.165) is 12.1 Å². The molecule has 0 radical (unpaired) electrons. The first-order valence-electron chi connectivity index (χ1n) is 4.42. The average molecular weight is 220 g/mol. The molecule has 0 atom stereocenters. The fourth-order valence-corrected chi connectivity index (χ4v) is 1.12. The summed E-state index contributed by atoms with van der Waals surface area (Å²) >= 11 is 0. The number of rotatable bonds is 3. The number of hydrogen-bond donors (Lipinski definition) is 1. The van der Waals surface area contributed by atoms with E-state index in [0.29, 0.717) is 12.2 Å². The molecule has 0 heterocycles. The Hall–Kier alpha value is -1.23. The van der Waals surface area contributed by atoms with E-state index in [-0.39, 0.29) is 6.61 Å². The highest BCUT2D eigenvalue weighted by Gasteiger charge is 2.33. The van der Waals surface area contributed by atoms with Crippen LogP contribution < -0.4 is 0 Å². The van der Waals surface area contributed by atoms with Crippen LogP contribution >= 0.6 is 0 Å². The van der Waals surface area contributed by atoms with Crippen molar-refractivity contribution in [1.82, 2.24) is 0 Å². The molecular weight excluding hydrogens is 209 g/mol. The molecular formula is C10H11F3O2. The minimum atomic E-state index is -4.54. The van der Waals surface area contributed by atoms with Crippen molar-refractivity contribution < 1.29 is 23.0 Å². The SMILES string of the molecule is CCOCc1ccc(O)c(C(F)(F)F)c1. The Balaban J connectivity index is 2.95. The number of ether oxygens (including phenoxy) is 1. The molecule has 0 aliphatic carbocycles. The number of alkyl halides is 3. The maximum absolute atomic E-state index is 12.4. The predicted octanol–water partition coefficient (Wildman–Crippen LogP) is 2.95. The molecule has 1 aromatic rings. The number of hydrogen-bond acceptors (Lipinski definition) is 2. The zero-order valence-electron chi connectivity index (χ0n) is 8.14. The van der Waals surface area contributed by atoms with Gasteiger partial charge in [0.1, 0.15) is 5.75 Å². The van der Waals surface area contributed by atoms with Crippen molar-refractivity contribution in [3.05, 3.63) is 29.3 Å². The molecule has 0 unspecified atom stereocenters. The molecule has 0 aliphatic rings. The standard InChI is InChI=1S/C10H11F3O2/c1-2-15-6-7-3-4-9(14)8(5-7)10(11,12)13/h3-5,14H,2,6H2,1H3. The summed E-state index contributed by atoms with van der Waals surface area (Å²) in [4.78, 5) is 0. The molecule has 84 valence electrons. The normalized spacial score (nSPS) is 11.7. The van der Waals surface area contributed by atoms with E-state index in [1.54, 1.807) is 6.92 Å². The third-order valence-corrected chi connectivity index (χ3v) is 1.84. The van der Waals surface area contributed by atoms with Crippen molar-refractivity contribution in [2.75, 3.05) is 6.61 Å². The van der Waals surface area contributed by atoms with Gasteiger partial charge in [-0.25, -0.2) is 0 Å². The third-order valence-electron chi connectivity index (χ3n) is 1.84. The largest absolute Gasteiger partial charge is 0.507 e. The van der Waals surface area contributed by atoms with Crippen molar-refractivity contribution in [1.29, 1.82) is 0 Å².